The monoisotopic (exact) mass is 407 g/mol. The van der Waals surface area contributed by atoms with E-state index in [4.69, 9.17) is 9.84 Å². The maximum atomic E-state index is 13.2. The maximum Gasteiger partial charge on any atom is 0.257 e. The van der Waals surface area contributed by atoms with Gasteiger partial charge in [-0.25, -0.2) is 9.50 Å². The van der Waals surface area contributed by atoms with Gasteiger partial charge in [-0.05, 0) is 19.1 Å². The van der Waals surface area contributed by atoms with Gasteiger partial charge in [0.2, 0.25) is 0 Å². The molecule has 1 amide bonds. The summed E-state index contributed by atoms with van der Waals surface area (Å²) in [5, 5.41) is 4.70. The third kappa shape index (κ3) is 3.60. The number of methoxy groups -OCH3 is 1. The van der Waals surface area contributed by atoms with Crippen molar-refractivity contribution in [2.75, 3.05) is 38.2 Å². The fourth-order valence-electron chi connectivity index (χ4n) is 3.84. The lowest BCUT2D eigenvalue weighted by molar-refractivity contribution is 0.0744. The number of carbonyl (C=O) groups is 1. The number of anilines is 1. The molecular formula is C23H29N5O2. The van der Waals surface area contributed by atoms with Crippen molar-refractivity contribution in [2.45, 2.75) is 33.1 Å². The van der Waals surface area contributed by atoms with Crippen LogP contribution in [0.5, 0.6) is 5.75 Å². The molecule has 0 atom stereocenters. The number of aryl methyl sites for hydroxylation is 1. The zero-order valence-corrected chi connectivity index (χ0v) is 18.3. The molecule has 4 rings (SSSR count). The summed E-state index contributed by atoms with van der Waals surface area (Å²) in [6, 6.07) is 9.99. The van der Waals surface area contributed by atoms with E-state index >= 15 is 0 Å². The number of rotatable bonds is 3. The summed E-state index contributed by atoms with van der Waals surface area (Å²) in [7, 11) is 1.69. The van der Waals surface area contributed by atoms with Gasteiger partial charge in [-0.1, -0.05) is 32.9 Å². The second-order valence-electron chi connectivity index (χ2n) is 8.76. The summed E-state index contributed by atoms with van der Waals surface area (Å²) in [6.45, 7) is 11.1. The second kappa shape index (κ2) is 7.63. The molecule has 1 aliphatic rings. The molecule has 0 N–H and O–H groups in total. The minimum absolute atomic E-state index is 0.00869. The Balaban J connectivity index is 1.53. The van der Waals surface area contributed by atoms with Crippen LogP contribution in [0, 0.1) is 6.92 Å². The fourth-order valence-corrected chi connectivity index (χ4v) is 3.84. The number of carbonyl (C=O) groups excluding carboxylic acids is 1. The van der Waals surface area contributed by atoms with Crippen molar-refractivity contribution in [2.24, 2.45) is 0 Å². The molecule has 3 aromatic rings. The van der Waals surface area contributed by atoms with Gasteiger partial charge in [0.25, 0.3) is 5.91 Å². The van der Waals surface area contributed by atoms with Gasteiger partial charge in [0.1, 0.15) is 5.75 Å². The van der Waals surface area contributed by atoms with E-state index in [2.05, 4.69) is 36.7 Å². The molecule has 0 bridgehead atoms. The number of hydrogen-bond donors (Lipinski definition) is 0. The number of para-hydroxylation sites is 2. The van der Waals surface area contributed by atoms with Crippen molar-refractivity contribution in [1.29, 1.82) is 0 Å². The zero-order valence-electron chi connectivity index (χ0n) is 18.3. The molecule has 0 radical (unpaired) electrons. The van der Waals surface area contributed by atoms with E-state index < -0.39 is 0 Å². The lowest BCUT2D eigenvalue weighted by Gasteiger charge is -2.36. The second-order valence-corrected chi connectivity index (χ2v) is 8.76. The summed E-state index contributed by atoms with van der Waals surface area (Å²) in [6.07, 6.45) is 1.69. The molecule has 0 aliphatic carbocycles. The van der Waals surface area contributed by atoms with Crippen LogP contribution < -0.4 is 9.64 Å². The molecule has 7 nitrogen and oxygen atoms in total. The third-order valence-electron chi connectivity index (χ3n) is 5.72. The number of ether oxygens (including phenoxy) is 1. The molecule has 2 aromatic heterocycles. The highest BCUT2D eigenvalue weighted by molar-refractivity contribution is 5.95. The van der Waals surface area contributed by atoms with Crippen LogP contribution in [-0.4, -0.2) is 58.7 Å². The number of piperazine rings is 1. The predicted octanol–water partition coefficient (Wildman–Crippen LogP) is 3.31. The van der Waals surface area contributed by atoms with E-state index in [1.165, 1.54) is 0 Å². The van der Waals surface area contributed by atoms with E-state index in [0.717, 1.165) is 41.6 Å². The number of benzene rings is 1. The van der Waals surface area contributed by atoms with Crippen molar-refractivity contribution >= 4 is 17.2 Å². The minimum atomic E-state index is -0.0703. The van der Waals surface area contributed by atoms with Gasteiger partial charge < -0.3 is 14.5 Å². The summed E-state index contributed by atoms with van der Waals surface area (Å²) >= 11 is 0. The summed E-state index contributed by atoms with van der Waals surface area (Å²) in [5.74, 6) is 0.866. The number of amides is 1. The SMILES string of the molecule is COc1ccccc1N1CCN(C(=O)c2cnc3cc(C(C)(C)C)nn3c2C)CC1. The molecule has 7 heteroatoms. The van der Waals surface area contributed by atoms with Crippen LogP contribution in [0.4, 0.5) is 5.69 Å². The first kappa shape index (κ1) is 20.2. The van der Waals surface area contributed by atoms with Crippen molar-refractivity contribution in [1.82, 2.24) is 19.5 Å². The largest absolute Gasteiger partial charge is 0.495 e. The Bertz CT molecular complexity index is 1070. The van der Waals surface area contributed by atoms with E-state index in [9.17, 15) is 4.79 Å². The zero-order chi connectivity index (χ0) is 21.5. The molecule has 3 heterocycles. The minimum Gasteiger partial charge on any atom is -0.495 e. The predicted molar refractivity (Wildman–Crippen MR) is 118 cm³/mol. The lowest BCUT2D eigenvalue weighted by atomic mass is 9.93. The molecular weight excluding hydrogens is 378 g/mol. The smallest absolute Gasteiger partial charge is 0.257 e. The molecule has 0 saturated carbocycles. The average Bonchev–Trinajstić information content (AvgIpc) is 3.20. The number of aromatic nitrogens is 3. The van der Waals surface area contributed by atoms with Crippen LogP contribution in [0.2, 0.25) is 0 Å². The van der Waals surface area contributed by atoms with E-state index in [1.807, 2.05) is 36.1 Å². The molecule has 1 aromatic carbocycles. The summed E-state index contributed by atoms with van der Waals surface area (Å²) in [5.41, 5.74) is 4.17. The van der Waals surface area contributed by atoms with Crippen molar-refractivity contribution in [3.63, 3.8) is 0 Å². The topological polar surface area (TPSA) is 63.0 Å². The van der Waals surface area contributed by atoms with Crippen LogP contribution in [-0.2, 0) is 5.41 Å². The molecule has 158 valence electrons. The number of fused-ring (bicyclic) bond motifs is 1. The molecule has 1 aliphatic heterocycles. The molecule has 1 fully saturated rings. The standard InChI is InChI=1S/C23H29N5O2/c1-16-17(15-24-21-14-20(23(2,3)4)25-28(16)21)22(29)27-12-10-26(11-13-27)18-8-6-7-9-19(18)30-5/h6-9,14-15H,10-13H2,1-5H3. The van der Waals surface area contributed by atoms with Crippen molar-refractivity contribution in [3.8, 4) is 5.75 Å². The lowest BCUT2D eigenvalue weighted by Crippen LogP contribution is -2.49. The van der Waals surface area contributed by atoms with Gasteiger partial charge >= 0.3 is 0 Å². The highest BCUT2D eigenvalue weighted by Crippen LogP contribution is 2.29. The quantitative estimate of drug-likeness (QED) is 0.667. The Morgan fingerprint density at radius 3 is 2.47 bits per heavy atom. The normalized spacial score (nSPS) is 15.0. The summed E-state index contributed by atoms with van der Waals surface area (Å²) in [4.78, 5) is 21.9. The van der Waals surface area contributed by atoms with Gasteiger partial charge in [-0.2, -0.15) is 5.10 Å². The molecule has 0 unspecified atom stereocenters. The number of nitrogens with zero attached hydrogens (tertiary/aromatic N) is 5. The van der Waals surface area contributed by atoms with Gasteiger partial charge in [0.15, 0.2) is 5.65 Å². The fraction of sp³-hybridized carbons (Fsp3) is 0.435. The van der Waals surface area contributed by atoms with E-state index in [1.54, 1.807) is 17.8 Å². The highest BCUT2D eigenvalue weighted by Gasteiger charge is 2.26. The van der Waals surface area contributed by atoms with Crippen LogP contribution in [0.25, 0.3) is 5.65 Å². The van der Waals surface area contributed by atoms with Crippen LogP contribution in [0.1, 0.15) is 42.5 Å². The Labute approximate surface area is 177 Å². The first-order valence-corrected chi connectivity index (χ1v) is 10.3. The highest BCUT2D eigenvalue weighted by atomic mass is 16.5. The Kier molecular flexibility index (Phi) is 5.13. The van der Waals surface area contributed by atoms with Crippen molar-refractivity contribution < 1.29 is 9.53 Å². The van der Waals surface area contributed by atoms with Crippen molar-refractivity contribution in [3.05, 3.63) is 53.5 Å². The first-order chi connectivity index (χ1) is 14.3. The molecule has 0 spiro atoms. The van der Waals surface area contributed by atoms with E-state index in [0.29, 0.717) is 18.7 Å². The molecule has 30 heavy (non-hydrogen) atoms. The summed E-state index contributed by atoms with van der Waals surface area (Å²) < 4.78 is 7.27. The third-order valence-corrected chi connectivity index (χ3v) is 5.72. The van der Waals surface area contributed by atoms with Gasteiger partial charge in [-0.3, -0.25) is 4.79 Å². The van der Waals surface area contributed by atoms with Gasteiger partial charge in [0.05, 0.1) is 29.7 Å². The van der Waals surface area contributed by atoms with Crippen LogP contribution in [0.3, 0.4) is 0 Å². The van der Waals surface area contributed by atoms with Gasteiger partial charge in [0, 0.05) is 43.9 Å². The van der Waals surface area contributed by atoms with E-state index in [-0.39, 0.29) is 11.3 Å². The Morgan fingerprint density at radius 1 is 1.10 bits per heavy atom. The van der Waals surface area contributed by atoms with Gasteiger partial charge in [-0.15, -0.1) is 0 Å². The Hall–Kier alpha value is -3.09. The average molecular weight is 408 g/mol. The number of hydrogen-bond acceptors (Lipinski definition) is 5. The molecule has 1 saturated heterocycles. The maximum absolute atomic E-state index is 13.2. The van der Waals surface area contributed by atoms with Crippen LogP contribution in [0.15, 0.2) is 36.5 Å². The van der Waals surface area contributed by atoms with Crippen LogP contribution >= 0.6 is 0 Å². The first-order valence-electron chi connectivity index (χ1n) is 10.3. The Morgan fingerprint density at radius 2 is 1.80 bits per heavy atom.